The Morgan fingerprint density at radius 1 is 1.25 bits per heavy atom. The minimum absolute atomic E-state index is 0.0339. The van der Waals surface area contributed by atoms with Gasteiger partial charge in [-0.2, -0.15) is 17.9 Å². The van der Waals surface area contributed by atoms with Crippen LogP contribution in [-0.2, 0) is 22.7 Å². The molecule has 36 heavy (non-hydrogen) atoms. The van der Waals surface area contributed by atoms with Gasteiger partial charge < -0.3 is 5.11 Å². The number of thiophene rings is 1. The number of hydrogen-bond acceptors (Lipinski definition) is 7. The first-order valence-corrected chi connectivity index (χ1v) is 13.3. The highest BCUT2D eigenvalue weighted by Crippen LogP contribution is 2.37. The Bertz CT molecular complexity index is 1390. The second kappa shape index (κ2) is 10.4. The molecule has 0 bridgehead atoms. The van der Waals surface area contributed by atoms with Gasteiger partial charge in [0.1, 0.15) is 20.1 Å². The first-order chi connectivity index (χ1) is 16.9. The molecule has 3 heterocycles. The summed E-state index contributed by atoms with van der Waals surface area (Å²) in [7, 11) is -4.19. The quantitative estimate of drug-likeness (QED) is 0.275. The topological polar surface area (TPSA) is 109 Å². The predicted octanol–water partition coefficient (Wildman–Crippen LogP) is 4.65. The minimum Gasteiger partial charge on any atom is -0.365 e. The van der Waals surface area contributed by atoms with E-state index in [4.69, 9.17) is 23.2 Å². The lowest BCUT2D eigenvalue weighted by molar-refractivity contribution is -0.137. The summed E-state index contributed by atoms with van der Waals surface area (Å²) in [6.45, 7) is -0.121. The summed E-state index contributed by atoms with van der Waals surface area (Å²) in [5.41, 5.74) is 0.201. The highest BCUT2D eigenvalue weighted by Gasteiger charge is 2.31. The van der Waals surface area contributed by atoms with Gasteiger partial charge >= 0.3 is 6.18 Å². The van der Waals surface area contributed by atoms with Gasteiger partial charge in [-0.05, 0) is 31.0 Å². The second-order valence-electron chi connectivity index (χ2n) is 7.66. The van der Waals surface area contributed by atoms with E-state index in [9.17, 15) is 26.7 Å². The van der Waals surface area contributed by atoms with Gasteiger partial charge in [-0.15, -0.1) is 16.4 Å². The highest BCUT2D eigenvalue weighted by atomic mass is 35.5. The summed E-state index contributed by atoms with van der Waals surface area (Å²) in [6.07, 6.45) is -5.54. The Balaban J connectivity index is 1.52. The average molecular weight is 586 g/mol. The number of sulfonamides is 1. The molecule has 0 spiro atoms. The van der Waals surface area contributed by atoms with E-state index in [0.29, 0.717) is 35.6 Å². The maximum atomic E-state index is 15.2. The molecule has 8 nitrogen and oxygen atoms in total. The lowest BCUT2D eigenvalue weighted by Gasteiger charge is -2.20. The molecular weight excluding hydrogens is 569 g/mol. The molecule has 0 saturated heterocycles. The summed E-state index contributed by atoms with van der Waals surface area (Å²) in [6, 6.07) is 5.39. The Morgan fingerprint density at radius 2 is 1.94 bits per heavy atom. The van der Waals surface area contributed by atoms with Gasteiger partial charge in [0.25, 0.3) is 10.0 Å². The number of alkyl halides is 3. The third kappa shape index (κ3) is 5.74. The molecule has 1 aliphatic rings. The van der Waals surface area contributed by atoms with Crippen molar-refractivity contribution < 1.29 is 31.1 Å². The van der Waals surface area contributed by atoms with Gasteiger partial charge in [-0.3, -0.25) is 5.32 Å². The zero-order valence-corrected chi connectivity index (χ0v) is 21.1. The minimum atomic E-state index is -4.50. The molecule has 194 valence electrons. The Kier molecular flexibility index (Phi) is 7.76. The number of halogens is 6. The number of aryl methyl sites for hydroxylation is 1. The zero-order chi connectivity index (χ0) is 26.3. The van der Waals surface area contributed by atoms with E-state index in [2.05, 4.69) is 15.6 Å². The van der Waals surface area contributed by atoms with Crippen LogP contribution in [0.15, 0.2) is 40.4 Å². The molecular formula is C20H17Cl2F4N5O3S2. The van der Waals surface area contributed by atoms with Crippen LogP contribution in [0.2, 0.25) is 9.36 Å². The fourth-order valence-corrected chi connectivity index (χ4v) is 6.47. The van der Waals surface area contributed by atoms with Crippen molar-refractivity contribution in [2.75, 3.05) is 6.54 Å². The summed E-state index contributed by atoms with van der Waals surface area (Å²) >= 11 is 12.2. The van der Waals surface area contributed by atoms with Crippen molar-refractivity contribution >= 4 is 50.1 Å². The van der Waals surface area contributed by atoms with E-state index >= 15 is 4.39 Å². The van der Waals surface area contributed by atoms with Crippen LogP contribution in [0, 0.1) is 0 Å². The van der Waals surface area contributed by atoms with Crippen molar-refractivity contribution in [2.24, 2.45) is 0 Å². The number of fused-ring (bicyclic) bond motifs is 1. The number of allylic oxidation sites excluding steroid dienone is 1. The van der Waals surface area contributed by atoms with Crippen molar-refractivity contribution in [2.45, 2.75) is 36.1 Å². The molecule has 4 rings (SSSR count). The van der Waals surface area contributed by atoms with Crippen LogP contribution in [0.5, 0.6) is 0 Å². The Labute approximate surface area is 216 Å². The molecule has 1 unspecified atom stereocenters. The number of aliphatic hydroxyl groups is 1. The van der Waals surface area contributed by atoms with E-state index in [1.165, 1.54) is 16.8 Å². The molecule has 3 N–H and O–H groups in total. The Hall–Kier alpha value is -2.07. The molecule has 0 aliphatic carbocycles. The number of aliphatic hydroxyl groups excluding tert-OH is 1. The van der Waals surface area contributed by atoms with Crippen LogP contribution in [-0.4, -0.2) is 41.4 Å². The van der Waals surface area contributed by atoms with Crippen LogP contribution in [0.4, 0.5) is 17.6 Å². The van der Waals surface area contributed by atoms with Crippen LogP contribution >= 0.6 is 34.5 Å². The van der Waals surface area contributed by atoms with Crippen LogP contribution < -0.4 is 10.0 Å². The predicted molar refractivity (Wildman–Crippen MR) is 126 cm³/mol. The van der Waals surface area contributed by atoms with E-state index in [-0.39, 0.29) is 31.3 Å². The number of benzene rings is 1. The van der Waals surface area contributed by atoms with E-state index in [0.717, 1.165) is 18.2 Å². The normalized spacial score (nSPS) is 16.6. The van der Waals surface area contributed by atoms with E-state index in [1.807, 2.05) is 4.72 Å². The average Bonchev–Trinajstić information content (AvgIpc) is 3.40. The summed E-state index contributed by atoms with van der Waals surface area (Å²) < 4.78 is 81.8. The molecule has 1 atom stereocenters. The van der Waals surface area contributed by atoms with E-state index in [1.54, 1.807) is 0 Å². The monoisotopic (exact) mass is 585 g/mol. The molecule has 1 aromatic carbocycles. The molecule has 3 aromatic rings. The maximum Gasteiger partial charge on any atom is 0.416 e. The maximum absolute atomic E-state index is 15.2. The first-order valence-electron chi connectivity index (χ1n) is 10.2. The van der Waals surface area contributed by atoms with Gasteiger partial charge in [0.15, 0.2) is 6.35 Å². The number of aromatic nitrogens is 3. The summed E-state index contributed by atoms with van der Waals surface area (Å²) in [5, 5.41) is 20.5. The highest BCUT2D eigenvalue weighted by molar-refractivity contribution is 7.91. The zero-order valence-electron chi connectivity index (χ0n) is 18.0. The molecule has 0 amide bonds. The number of nitrogens with one attached hydrogen (secondary N) is 2. The van der Waals surface area contributed by atoms with Crippen molar-refractivity contribution in [1.82, 2.24) is 25.0 Å². The second-order valence-corrected chi connectivity index (χ2v) is 11.7. The number of hydrogen-bond donors (Lipinski definition) is 3. The van der Waals surface area contributed by atoms with Gasteiger partial charge in [0.2, 0.25) is 0 Å². The molecule has 2 aromatic heterocycles. The molecule has 0 fully saturated rings. The third-order valence-corrected chi connectivity index (χ3v) is 8.99. The van der Waals surface area contributed by atoms with Crippen LogP contribution in [0.25, 0.3) is 16.8 Å². The lowest BCUT2D eigenvalue weighted by Crippen LogP contribution is -2.45. The first kappa shape index (κ1) is 27.0. The van der Waals surface area contributed by atoms with E-state index < -0.39 is 40.5 Å². The lowest BCUT2D eigenvalue weighted by atomic mass is 9.97. The molecule has 16 heteroatoms. The fraction of sp³-hybridized carbons (Fsp3) is 0.300. The van der Waals surface area contributed by atoms with Crippen molar-refractivity contribution in [3.05, 3.63) is 56.8 Å². The van der Waals surface area contributed by atoms with Gasteiger partial charge in [0, 0.05) is 17.7 Å². The standard InChI is InChI=1S/C20H17Cl2F4N5O3S2/c21-13-8-15(35-18(13)22)36(33,34)29-19(32)27-9-14(23)12-2-1-7-31-17(12)16(28-30-31)10-3-5-11(6-4-10)20(24,25)26/h3-6,8,19,27,29,32H,1-2,7,9H2/b14-12-. The largest absolute Gasteiger partial charge is 0.416 e. The summed E-state index contributed by atoms with van der Waals surface area (Å²) in [4.78, 5) is 0. The Morgan fingerprint density at radius 3 is 2.56 bits per heavy atom. The van der Waals surface area contributed by atoms with Gasteiger partial charge in [0.05, 0.1) is 22.8 Å². The van der Waals surface area contributed by atoms with Crippen molar-refractivity contribution in [1.29, 1.82) is 0 Å². The van der Waals surface area contributed by atoms with Crippen LogP contribution in [0.3, 0.4) is 0 Å². The molecule has 1 aliphatic heterocycles. The SMILES string of the molecule is O=S(=O)(NC(O)NC/C(F)=C1\CCCn2nnc(-c3ccc(C(F)(F)F)cc3)c21)c1cc(Cl)c(Cl)s1. The smallest absolute Gasteiger partial charge is 0.365 e. The van der Waals surface area contributed by atoms with Crippen molar-refractivity contribution in [3.63, 3.8) is 0 Å². The van der Waals surface area contributed by atoms with Gasteiger partial charge in [-0.1, -0.05) is 40.5 Å². The van der Waals surface area contributed by atoms with Crippen LogP contribution in [0.1, 0.15) is 24.1 Å². The molecule has 0 saturated carbocycles. The van der Waals surface area contributed by atoms with Gasteiger partial charge in [-0.25, -0.2) is 17.5 Å². The third-order valence-electron chi connectivity index (χ3n) is 5.24. The fourth-order valence-electron chi connectivity index (χ4n) is 3.57. The molecule has 0 radical (unpaired) electrons. The number of nitrogens with zero attached hydrogens (tertiary/aromatic N) is 3. The van der Waals surface area contributed by atoms with Crippen molar-refractivity contribution in [3.8, 4) is 11.3 Å². The summed E-state index contributed by atoms with van der Waals surface area (Å²) in [5.74, 6) is -0.716. The number of rotatable bonds is 7.